The number of primary amides is 1. The molecule has 0 aliphatic heterocycles. The van der Waals surface area contributed by atoms with Gasteiger partial charge in [0.05, 0.1) is 12.5 Å². The number of aromatic nitrogens is 1. The maximum absolute atomic E-state index is 12.2. The number of aryl methyl sites for hydroxylation is 2. The van der Waals surface area contributed by atoms with Crippen molar-refractivity contribution in [3.8, 4) is 0 Å². The Bertz CT molecular complexity index is 748. The fourth-order valence-electron chi connectivity index (χ4n) is 2.15. The molecule has 0 bridgehead atoms. The molecule has 116 valence electrons. The van der Waals surface area contributed by atoms with E-state index in [-0.39, 0.29) is 12.3 Å². The number of rotatable bonds is 4. The van der Waals surface area contributed by atoms with Gasteiger partial charge in [-0.05, 0) is 18.1 Å². The predicted molar refractivity (Wildman–Crippen MR) is 85.1 cm³/mol. The van der Waals surface area contributed by atoms with Gasteiger partial charge in [0.1, 0.15) is 0 Å². The smallest absolute Gasteiger partial charge is 0.312 e. The zero-order valence-electron chi connectivity index (χ0n) is 12.4. The van der Waals surface area contributed by atoms with E-state index in [9.17, 15) is 9.59 Å². The van der Waals surface area contributed by atoms with Crippen LogP contribution >= 0.6 is 11.3 Å². The number of thiazole rings is 1. The molecule has 0 saturated heterocycles. The minimum atomic E-state index is -0.664. The quantitative estimate of drug-likeness (QED) is 0.897. The molecule has 1 atom stereocenters. The normalized spacial score (nSPS) is 12.9. The lowest BCUT2D eigenvalue weighted by Gasteiger charge is -2.18. The van der Waals surface area contributed by atoms with E-state index in [1.165, 1.54) is 11.3 Å². The van der Waals surface area contributed by atoms with Gasteiger partial charge in [0, 0.05) is 18.6 Å². The fourth-order valence-corrected chi connectivity index (χ4v) is 2.90. The third-order valence-corrected chi connectivity index (χ3v) is 4.09. The van der Waals surface area contributed by atoms with Crippen LogP contribution in [0.4, 0.5) is 4.79 Å². The van der Waals surface area contributed by atoms with E-state index in [0.29, 0.717) is 4.80 Å². The van der Waals surface area contributed by atoms with Crippen molar-refractivity contribution < 1.29 is 9.59 Å². The number of benzene rings is 1. The highest BCUT2D eigenvalue weighted by molar-refractivity contribution is 7.07. The Balaban J connectivity index is 2.24. The highest BCUT2D eigenvalue weighted by Gasteiger charge is 2.18. The van der Waals surface area contributed by atoms with E-state index < -0.39 is 12.1 Å². The van der Waals surface area contributed by atoms with E-state index in [1.807, 2.05) is 49.8 Å². The highest BCUT2D eigenvalue weighted by Crippen LogP contribution is 2.20. The van der Waals surface area contributed by atoms with Gasteiger partial charge in [0.25, 0.3) is 5.91 Å². The lowest BCUT2D eigenvalue weighted by atomic mass is 9.98. The summed E-state index contributed by atoms with van der Waals surface area (Å²) in [7, 11) is 1.82. The first kappa shape index (κ1) is 16.0. The van der Waals surface area contributed by atoms with Crippen molar-refractivity contribution >= 4 is 23.3 Å². The molecule has 2 rings (SSSR count). The molecule has 0 aliphatic rings. The molecule has 3 amide bonds. The molecule has 7 heteroatoms. The van der Waals surface area contributed by atoms with Crippen molar-refractivity contribution in [1.29, 1.82) is 0 Å². The number of nitrogens with zero attached hydrogens (tertiary/aromatic N) is 2. The monoisotopic (exact) mass is 318 g/mol. The third-order valence-electron chi connectivity index (χ3n) is 3.24. The van der Waals surface area contributed by atoms with Gasteiger partial charge in [-0.2, -0.15) is 4.99 Å². The molecule has 1 heterocycles. The summed E-state index contributed by atoms with van der Waals surface area (Å²) in [6, 6.07) is 6.40. The molecule has 1 unspecified atom stereocenters. The maximum Gasteiger partial charge on any atom is 0.312 e. The van der Waals surface area contributed by atoms with Crippen molar-refractivity contribution in [1.82, 2.24) is 9.88 Å². The topological polar surface area (TPSA) is 89.5 Å². The first-order chi connectivity index (χ1) is 10.5. The van der Waals surface area contributed by atoms with Crippen molar-refractivity contribution in [2.45, 2.75) is 19.4 Å². The molecule has 0 radical (unpaired) electrons. The molecular formula is C15H18N4O2S. The number of hydrogen-bond acceptors (Lipinski definition) is 3. The number of amides is 3. The van der Waals surface area contributed by atoms with Crippen molar-refractivity contribution in [3.63, 3.8) is 0 Å². The highest BCUT2D eigenvalue weighted by atomic mass is 32.1. The predicted octanol–water partition coefficient (Wildman–Crippen LogP) is 1.62. The molecular weight excluding hydrogens is 300 g/mol. The van der Waals surface area contributed by atoms with Crippen LogP contribution in [0.2, 0.25) is 0 Å². The van der Waals surface area contributed by atoms with Gasteiger partial charge in [-0.3, -0.25) is 4.79 Å². The number of carbonyl (C=O) groups is 2. The summed E-state index contributed by atoms with van der Waals surface area (Å²) in [5, 5.41) is 4.47. The molecule has 0 fully saturated rings. The minimum Gasteiger partial charge on any atom is -0.352 e. The SMILES string of the molecule is Cc1ccccc1C(CC(=O)N=c1sccn1C)NC(N)=O. The molecule has 0 aliphatic carbocycles. The van der Waals surface area contributed by atoms with E-state index in [2.05, 4.69) is 10.3 Å². The zero-order chi connectivity index (χ0) is 16.1. The Kier molecular flexibility index (Phi) is 5.11. The van der Waals surface area contributed by atoms with Gasteiger partial charge in [0.2, 0.25) is 0 Å². The average Bonchev–Trinajstić information content (AvgIpc) is 2.83. The van der Waals surface area contributed by atoms with Crippen LogP contribution in [0.5, 0.6) is 0 Å². The van der Waals surface area contributed by atoms with E-state index in [0.717, 1.165) is 11.1 Å². The molecule has 1 aromatic heterocycles. The minimum absolute atomic E-state index is 0.0612. The molecule has 6 nitrogen and oxygen atoms in total. The summed E-state index contributed by atoms with van der Waals surface area (Å²) in [6.45, 7) is 1.92. The second-order valence-corrected chi connectivity index (χ2v) is 5.80. The van der Waals surface area contributed by atoms with E-state index >= 15 is 0 Å². The lowest BCUT2D eigenvalue weighted by molar-refractivity contribution is -0.118. The summed E-state index contributed by atoms with van der Waals surface area (Å²) in [5.74, 6) is -0.306. The summed E-state index contributed by atoms with van der Waals surface area (Å²) >= 11 is 1.38. The Hall–Kier alpha value is -2.41. The van der Waals surface area contributed by atoms with Crippen LogP contribution in [0.1, 0.15) is 23.6 Å². The van der Waals surface area contributed by atoms with Gasteiger partial charge >= 0.3 is 6.03 Å². The van der Waals surface area contributed by atoms with Crippen LogP contribution in [0.3, 0.4) is 0 Å². The third kappa shape index (κ3) is 4.05. The molecule has 22 heavy (non-hydrogen) atoms. The van der Waals surface area contributed by atoms with E-state index in [1.54, 1.807) is 4.57 Å². The van der Waals surface area contributed by atoms with Crippen LogP contribution in [-0.2, 0) is 11.8 Å². The summed E-state index contributed by atoms with van der Waals surface area (Å²) in [4.78, 5) is 28.1. The van der Waals surface area contributed by atoms with E-state index in [4.69, 9.17) is 5.73 Å². The summed E-state index contributed by atoms with van der Waals surface area (Å²) in [6.07, 6.45) is 1.89. The first-order valence-corrected chi connectivity index (χ1v) is 7.64. The fraction of sp³-hybridized carbons (Fsp3) is 0.267. The van der Waals surface area contributed by atoms with Crippen LogP contribution < -0.4 is 15.9 Å². The Morgan fingerprint density at radius 2 is 2.14 bits per heavy atom. The van der Waals surface area contributed by atoms with Crippen LogP contribution in [0, 0.1) is 6.92 Å². The van der Waals surface area contributed by atoms with Gasteiger partial charge in [-0.25, -0.2) is 4.79 Å². The van der Waals surface area contributed by atoms with Gasteiger partial charge in [-0.1, -0.05) is 24.3 Å². The Labute approximate surface area is 132 Å². The second kappa shape index (κ2) is 7.04. The number of nitrogens with one attached hydrogen (secondary N) is 1. The van der Waals surface area contributed by atoms with Crippen LogP contribution in [-0.4, -0.2) is 16.5 Å². The number of carbonyl (C=O) groups excluding carboxylic acids is 2. The number of urea groups is 1. The second-order valence-electron chi connectivity index (χ2n) is 4.92. The Morgan fingerprint density at radius 1 is 1.41 bits per heavy atom. The van der Waals surface area contributed by atoms with Gasteiger partial charge in [-0.15, -0.1) is 11.3 Å². The van der Waals surface area contributed by atoms with Crippen molar-refractivity contribution in [2.75, 3.05) is 0 Å². The van der Waals surface area contributed by atoms with Crippen LogP contribution in [0.15, 0.2) is 40.8 Å². The molecule has 1 aromatic carbocycles. The van der Waals surface area contributed by atoms with Gasteiger partial charge < -0.3 is 15.6 Å². The first-order valence-electron chi connectivity index (χ1n) is 6.76. The number of hydrogen-bond donors (Lipinski definition) is 2. The molecule has 0 spiro atoms. The zero-order valence-corrected chi connectivity index (χ0v) is 13.3. The van der Waals surface area contributed by atoms with Crippen molar-refractivity contribution in [3.05, 3.63) is 51.8 Å². The van der Waals surface area contributed by atoms with Crippen molar-refractivity contribution in [2.24, 2.45) is 17.8 Å². The summed E-state index contributed by atoms with van der Waals surface area (Å²) < 4.78 is 1.77. The average molecular weight is 318 g/mol. The lowest BCUT2D eigenvalue weighted by Crippen LogP contribution is -2.34. The largest absolute Gasteiger partial charge is 0.352 e. The Morgan fingerprint density at radius 3 is 2.73 bits per heavy atom. The van der Waals surface area contributed by atoms with Crippen LogP contribution in [0.25, 0.3) is 0 Å². The summed E-state index contributed by atoms with van der Waals surface area (Å²) in [5.41, 5.74) is 7.07. The number of nitrogens with two attached hydrogens (primary N) is 1. The maximum atomic E-state index is 12.2. The van der Waals surface area contributed by atoms with Gasteiger partial charge in [0.15, 0.2) is 4.80 Å². The molecule has 0 saturated carbocycles. The molecule has 2 aromatic rings. The standard InChI is InChI=1S/C15H18N4O2S/c1-10-5-3-4-6-11(10)12(17-14(16)21)9-13(20)18-15-19(2)7-8-22-15/h3-8,12H,9H2,1-2H3,(H3,16,17,21). The molecule has 3 N–H and O–H groups in total.